The fraction of sp³-hybridized carbons (Fsp3) is 0.0833. The quantitative estimate of drug-likeness (QED) is 0.723. The summed E-state index contributed by atoms with van der Waals surface area (Å²) in [7, 11) is 1.83. The van der Waals surface area contributed by atoms with Gasteiger partial charge in [0.25, 0.3) is 0 Å². The normalized spacial score (nSPS) is 10.6. The Morgan fingerprint density at radius 2 is 2.06 bits per heavy atom. The monoisotopic (exact) mass is 225 g/mol. The molecule has 1 N–H and O–H groups in total. The molecule has 0 bridgehead atoms. The Kier molecular flexibility index (Phi) is 2.22. The third kappa shape index (κ3) is 1.61. The largest absolute Gasteiger partial charge is 0.373 e. The number of anilines is 1. The van der Waals surface area contributed by atoms with E-state index in [1.165, 1.54) is 6.33 Å². The van der Waals surface area contributed by atoms with Gasteiger partial charge < -0.3 is 5.32 Å². The van der Waals surface area contributed by atoms with Gasteiger partial charge in [-0.2, -0.15) is 5.10 Å². The lowest BCUT2D eigenvalue weighted by Gasteiger charge is -2.04. The highest BCUT2D eigenvalue weighted by molar-refractivity contribution is 5.79. The fourth-order valence-electron chi connectivity index (χ4n) is 1.75. The van der Waals surface area contributed by atoms with Gasteiger partial charge in [0, 0.05) is 18.5 Å². The van der Waals surface area contributed by atoms with Crippen molar-refractivity contribution in [3.63, 3.8) is 0 Å². The predicted octanol–water partition coefficient (Wildman–Crippen LogP) is 1.86. The summed E-state index contributed by atoms with van der Waals surface area (Å²) in [6.07, 6.45) is 3.36. The number of hydrogen-bond acceptors (Lipinski definition) is 4. The van der Waals surface area contributed by atoms with Crippen LogP contribution in [-0.4, -0.2) is 26.8 Å². The van der Waals surface area contributed by atoms with E-state index in [4.69, 9.17) is 0 Å². The summed E-state index contributed by atoms with van der Waals surface area (Å²) in [6.45, 7) is 0. The molecule has 5 heteroatoms. The average molecular weight is 225 g/mol. The van der Waals surface area contributed by atoms with E-state index < -0.39 is 0 Å². The van der Waals surface area contributed by atoms with Gasteiger partial charge in [0.2, 0.25) is 0 Å². The first kappa shape index (κ1) is 9.77. The number of nitrogens with one attached hydrogen (secondary N) is 1. The fourth-order valence-corrected chi connectivity index (χ4v) is 1.75. The van der Waals surface area contributed by atoms with Crippen LogP contribution < -0.4 is 5.32 Å². The van der Waals surface area contributed by atoms with Gasteiger partial charge in [-0.25, -0.2) is 14.6 Å². The Bertz CT molecular complexity index is 659. The summed E-state index contributed by atoms with van der Waals surface area (Å²) >= 11 is 0. The molecule has 0 aliphatic carbocycles. The molecule has 0 atom stereocenters. The predicted molar refractivity (Wildman–Crippen MR) is 66.2 cm³/mol. The zero-order chi connectivity index (χ0) is 11.7. The molecule has 0 fully saturated rings. The summed E-state index contributed by atoms with van der Waals surface area (Å²) in [4.78, 5) is 8.31. The SMILES string of the molecule is CNc1cc(-n2ncc3ccccc32)ncn1. The van der Waals surface area contributed by atoms with Crippen molar-refractivity contribution in [2.45, 2.75) is 0 Å². The van der Waals surface area contributed by atoms with E-state index in [0.717, 1.165) is 22.5 Å². The molecule has 2 aromatic heterocycles. The van der Waals surface area contributed by atoms with Crippen LogP contribution in [-0.2, 0) is 0 Å². The Morgan fingerprint density at radius 1 is 1.18 bits per heavy atom. The van der Waals surface area contributed by atoms with Crippen molar-refractivity contribution < 1.29 is 0 Å². The molecule has 0 aliphatic rings. The van der Waals surface area contributed by atoms with Crippen molar-refractivity contribution in [3.05, 3.63) is 42.9 Å². The number of aromatic nitrogens is 4. The summed E-state index contributed by atoms with van der Waals surface area (Å²) in [5.74, 6) is 1.53. The molecule has 0 saturated heterocycles. The first-order valence-electron chi connectivity index (χ1n) is 5.31. The van der Waals surface area contributed by atoms with E-state index in [1.807, 2.05) is 43.6 Å². The molecule has 0 spiro atoms. The Balaban J connectivity index is 2.20. The number of nitrogens with zero attached hydrogens (tertiary/aromatic N) is 4. The van der Waals surface area contributed by atoms with Crippen LogP contribution in [0.5, 0.6) is 0 Å². The number of fused-ring (bicyclic) bond motifs is 1. The molecule has 84 valence electrons. The van der Waals surface area contributed by atoms with Crippen LogP contribution in [0.25, 0.3) is 16.7 Å². The van der Waals surface area contributed by atoms with E-state index in [2.05, 4.69) is 20.4 Å². The zero-order valence-electron chi connectivity index (χ0n) is 9.33. The molecule has 17 heavy (non-hydrogen) atoms. The van der Waals surface area contributed by atoms with Gasteiger partial charge >= 0.3 is 0 Å². The van der Waals surface area contributed by atoms with Gasteiger partial charge in [0.05, 0.1) is 11.7 Å². The maximum absolute atomic E-state index is 4.34. The van der Waals surface area contributed by atoms with Crippen LogP contribution in [0.15, 0.2) is 42.9 Å². The summed E-state index contributed by atoms with van der Waals surface area (Å²) in [6, 6.07) is 9.88. The topological polar surface area (TPSA) is 55.6 Å². The van der Waals surface area contributed by atoms with E-state index in [9.17, 15) is 0 Å². The summed E-state index contributed by atoms with van der Waals surface area (Å²) < 4.78 is 1.80. The summed E-state index contributed by atoms with van der Waals surface area (Å²) in [5, 5.41) is 8.42. The van der Waals surface area contributed by atoms with Gasteiger partial charge in [0.15, 0.2) is 5.82 Å². The van der Waals surface area contributed by atoms with E-state index in [1.54, 1.807) is 4.68 Å². The third-order valence-electron chi connectivity index (χ3n) is 2.60. The Hall–Kier alpha value is -2.43. The second kappa shape index (κ2) is 3.86. The van der Waals surface area contributed by atoms with Gasteiger partial charge in [0.1, 0.15) is 12.1 Å². The lowest BCUT2D eigenvalue weighted by molar-refractivity contribution is 0.866. The maximum atomic E-state index is 4.34. The van der Waals surface area contributed by atoms with Crippen LogP contribution in [0.2, 0.25) is 0 Å². The highest BCUT2D eigenvalue weighted by Gasteiger charge is 2.05. The van der Waals surface area contributed by atoms with E-state index in [0.29, 0.717) is 0 Å². The van der Waals surface area contributed by atoms with Crippen molar-refractivity contribution in [3.8, 4) is 5.82 Å². The standard InChI is InChI=1S/C12H11N5/c1-13-11-6-12(15-8-14-11)17-10-5-3-2-4-9(10)7-16-17/h2-8H,1H3,(H,13,14,15). The van der Waals surface area contributed by atoms with Crippen molar-refractivity contribution in [2.75, 3.05) is 12.4 Å². The molecular weight excluding hydrogens is 214 g/mol. The van der Waals surface area contributed by atoms with Crippen LogP contribution in [0, 0.1) is 0 Å². The van der Waals surface area contributed by atoms with Crippen LogP contribution >= 0.6 is 0 Å². The molecule has 0 radical (unpaired) electrons. The minimum atomic E-state index is 0.755. The van der Waals surface area contributed by atoms with Crippen LogP contribution in [0.1, 0.15) is 0 Å². The minimum absolute atomic E-state index is 0.755. The number of para-hydroxylation sites is 1. The van der Waals surface area contributed by atoms with E-state index in [-0.39, 0.29) is 0 Å². The number of rotatable bonds is 2. The highest BCUT2D eigenvalue weighted by Crippen LogP contribution is 2.17. The summed E-state index contributed by atoms with van der Waals surface area (Å²) in [5.41, 5.74) is 1.04. The molecule has 5 nitrogen and oxygen atoms in total. The molecular formula is C12H11N5. The molecule has 2 heterocycles. The highest BCUT2D eigenvalue weighted by atomic mass is 15.3. The lowest BCUT2D eigenvalue weighted by atomic mass is 10.2. The smallest absolute Gasteiger partial charge is 0.159 e. The van der Waals surface area contributed by atoms with Gasteiger partial charge in [-0.05, 0) is 6.07 Å². The van der Waals surface area contributed by atoms with Gasteiger partial charge in [-0.3, -0.25) is 0 Å². The zero-order valence-corrected chi connectivity index (χ0v) is 9.33. The van der Waals surface area contributed by atoms with Crippen molar-refractivity contribution >= 4 is 16.7 Å². The third-order valence-corrected chi connectivity index (χ3v) is 2.60. The average Bonchev–Trinajstić information content (AvgIpc) is 2.82. The van der Waals surface area contributed by atoms with Crippen molar-refractivity contribution in [1.29, 1.82) is 0 Å². The molecule has 0 saturated carbocycles. The van der Waals surface area contributed by atoms with Gasteiger partial charge in [-0.1, -0.05) is 18.2 Å². The van der Waals surface area contributed by atoms with Crippen molar-refractivity contribution in [2.24, 2.45) is 0 Å². The Labute approximate surface area is 98.1 Å². The first-order chi connectivity index (χ1) is 8.38. The molecule has 3 rings (SSSR count). The number of benzene rings is 1. The molecule has 3 aromatic rings. The minimum Gasteiger partial charge on any atom is -0.373 e. The van der Waals surface area contributed by atoms with Crippen LogP contribution in [0.4, 0.5) is 5.82 Å². The lowest BCUT2D eigenvalue weighted by Crippen LogP contribution is -2.01. The molecule has 0 amide bonds. The van der Waals surface area contributed by atoms with E-state index >= 15 is 0 Å². The first-order valence-corrected chi connectivity index (χ1v) is 5.31. The maximum Gasteiger partial charge on any atom is 0.159 e. The number of hydrogen-bond donors (Lipinski definition) is 1. The second-order valence-corrected chi connectivity index (χ2v) is 3.63. The van der Waals surface area contributed by atoms with Crippen molar-refractivity contribution in [1.82, 2.24) is 19.7 Å². The van der Waals surface area contributed by atoms with Crippen LogP contribution in [0.3, 0.4) is 0 Å². The second-order valence-electron chi connectivity index (χ2n) is 3.63. The molecule has 0 unspecified atom stereocenters. The van der Waals surface area contributed by atoms with Gasteiger partial charge in [-0.15, -0.1) is 0 Å². The molecule has 1 aromatic carbocycles. The Morgan fingerprint density at radius 3 is 2.94 bits per heavy atom. The molecule has 0 aliphatic heterocycles.